The average molecular weight is 391 g/mol. The van der Waals surface area contributed by atoms with E-state index in [-0.39, 0.29) is 0 Å². The second kappa shape index (κ2) is 7.59. The maximum atomic E-state index is 5.03. The SMILES string of the molecule is [Cl][Nb]([Cl])([Cl])[Cl].c1ccc(-c2ccccn2)nc1. The third-order valence-corrected chi connectivity index (χ3v) is 1.59. The molecule has 0 unspecified atom stereocenters. The van der Waals surface area contributed by atoms with Crippen molar-refractivity contribution in [3.8, 4) is 11.4 Å². The summed E-state index contributed by atoms with van der Waals surface area (Å²) in [4.78, 5) is 8.37. The Morgan fingerprint density at radius 3 is 1.29 bits per heavy atom. The first kappa shape index (κ1) is 15.3. The first-order valence-electron chi connectivity index (χ1n) is 4.47. The molecule has 91 valence electrons. The fourth-order valence-corrected chi connectivity index (χ4v) is 1.03. The molecule has 2 rings (SSSR count). The van der Waals surface area contributed by atoms with Gasteiger partial charge in [0.1, 0.15) is 0 Å². The minimum Gasteiger partial charge on any atom is -0.255 e. The maximum absolute atomic E-state index is 5.03. The Balaban J connectivity index is 0.000000249. The summed E-state index contributed by atoms with van der Waals surface area (Å²) >= 11 is -3.21. The standard InChI is InChI=1S/C10H8N2.4ClH.Nb/c1-3-7-11-9(5-1)10-6-2-4-8-12-10;;;;;/h1-8H;4*1H;/q;;;;;+4/p-4. The van der Waals surface area contributed by atoms with E-state index in [1.165, 1.54) is 0 Å². The molecule has 2 nitrogen and oxygen atoms in total. The number of hydrogen-bond acceptors (Lipinski definition) is 2. The number of nitrogens with zero attached hydrogens (tertiary/aromatic N) is 2. The van der Waals surface area contributed by atoms with Crippen molar-refractivity contribution < 1.29 is 12.8 Å². The van der Waals surface area contributed by atoms with E-state index in [1.807, 2.05) is 36.4 Å². The first-order valence-corrected chi connectivity index (χ1v) is 15.8. The van der Waals surface area contributed by atoms with Gasteiger partial charge in [-0.15, -0.1) is 0 Å². The molecule has 7 heteroatoms. The molecule has 17 heavy (non-hydrogen) atoms. The van der Waals surface area contributed by atoms with Crippen LogP contribution in [0.1, 0.15) is 0 Å². The molecule has 0 fully saturated rings. The molecule has 0 saturated heterocycles. The summed E-state index contributed by atoms with van der Waals surface area (Å²) in [6.45, 7) is 0. The van der Waals surface area contributed by atoms with E-state index in [1.54, 1.807) is 12.4 Å². The third-order valence-electron chi connectivity index (χ3n) is 1.59. The van der Waals surface area contributed by atoms with Crippen molar-refractivity contribution in [2.24, 2.45) is 0 Å². The van der Waals surface area contributed by atoms with Gasteiger partial charge in [-0.2, -0.15) is 0 Å². The summed E-state index contributed by atoms with van der Waals surface area (Å²) in [6, 6.07) is 11.6. The molecule has 0 spiro atoms. The first-order chi connectivity index (χ1) is 7.97. The van der Waals surface area contributed by atoms with Crippen LogP contribution in [0, 0.1) is 0 Å². The summed E-state index contributed by atoms with van der Waals surface area (Å²) in [5, 5.41) is 0. The normalized spacial score (nSPS) is 10.4. The molecule has 0 aliphatic heterocycles. The van der Waals surface area contributed by atoms with Crippen molar-refractivity contribution in [3.63, 3.8) is 0 Å². The minimum absolute atomic E-state index is 0.915. The average Bonchev–Trinajstić information content (AvgIpc) is 2.29. The minimum atomic E-state index is -3.21. The van der Waals surface area contributed by atoms with Gasteiger partial charge in [-0.05, 0) is 24.3 Å². The van der Waals surface area contributed by atoms with Crippen LogP contribution in [-0.4, -0.2) is 9.97 Å². The second-order valence-corrected chi connectivity index (χ2v) is 22.8. The summed E-state index contributed by atoms with van der Waals surface area (Å²) in [5.74, 6) is 0. The molecular weight excluding hydrogens is 383 g/mol. The van der Waals surface area contributed by atoms with Crippen molar-refractivity contribution in [1.29, 1.82) is 0 Å². The Bertz CT molecular complexity index is 390. The van der Waals surface area contributed by atoms with Gasteiger partial charge >= 0.3 is 49.6 Å². The third kappa shape index (κ3) is 8.01. The van der Waals surface area contributed by atoms with E-state index in [0.29, 0.717) is 0 Å². The molecule has 0 atom stereocenters. The zero-order valence-corrected chi connectivity index (χ0v) is 13.7. The van der Waals surface area contributed by atoms with Crippen molar-refractivity contribution in [2.45, 2.75) is 0 Å². The van der Waals surface area contributed by atoms with Crippen LogP contribution in [0.15, 0.2) is 48.8 Å². The van der Waals surface area contributed by atoms with Gasteiger partial charge < -0.3 is 0 Å². The maximum Gasteiger partial charge on any atom is 0.0886 e. The van der Waals surface area contributed by atoms with Crippen molar-refractivity contribution in [2.75, 3.05) is 0 Å². The van der Waals surface area contributed by atoms with E-state index in [9.17, 15) is 0 Å². The molecule has 2 aromatic rings. The number of aromatic nitrogens is 2. The molecule has 0 aromatic carbocycles. The topological polar surface area (TPSA) is 25.8 Å². The Hall–Kier alpha value is 0.200. The van der Waals surface area contributed by atoms with Gasteiger partial charge in [0.05, 0.1) is 11.4 Å². The van der Waals surface area contributed by atoms with Gasteiger partial charge in [-0.25, -0.2) is 0 Å². The summed E-state index contributed by atoms with van der Waals surface area (Å²) in [7, 11) is 20.1. The van der Waals surface area contributed by atoms with E-state index < -0.39 is 12.8 Å². The number of rotatable bonds is 1. The molecule has 2 heterocycles. The van der Waals surface area contributed by atoms with Crippen LogP contribution in [0.25, 0.3) is 11.4 Å². The number of pyridine rings is 2. The molecule has 0 amide bonds. The summed E-state index contributed by atoms with van der Waals surface area (Å²) < 4.78 is 0. The largest absolute Gasteiger partial charge is 0.255 e. The van der Waals surface area contributed by atoms with Crippen LogP contribution < -0.4 is 0 Å². The fraction of sp³-hybridized carbons (Fsp3) is 0. The molecule has 2 aromatic heterocycles. The predicted octanol–water partition coefficient (Wildman–Crippen LogP) is 4.90. The Kier molecular flexibility index (Phi) is 6.82. The van der Waals surface area contributed by atoms with Gasteiger partial charge in [0.25, 0.3) is 0 Å². The van der Waals surface area contributed by atoms with Gasteiger partial charge in [0, 0.05) is 12.4 Å². The van der Waals surface area contributed by atoms with Crippen molar-refractivity contribution in [3.05, 3.63) is 48.8 Å². The molecule has 0 radical (unpaired) electrons. The van der Waals surface area contributed by atoms with Crippen LogP contribution in [0.4, 0.5) is 0 Å². The second-order valence-electron chi connectivity index (χ2n) is 2.81. The van der Waals surface area contributed by atoms with Gasteiger partial charge in [-0.1, -0.05) is 12.1 Å². The quantitative estimate of drug-likeness (QED) is 0.647. The zero-order valence-electron chi connectivity index (χ0n) is 8.47. The van der Waals surface area contributed by atoms with Crippen molar-refractivity contribution >= 4 is 36.8 Å². The summed E-state index contributed by atoms with van der Waals surface area (Å²) in [6.07, 6.45) is 3.54. The molecule has 0 aliphatic carbocycles. The predicted molar refractivity (Wildman–Crippen MR) is 70.9 cm³/mol. The Morgan fingerprint density at radius 1 is 0.706 bits per heavy atom. The van der Waals surface area contributed by atoms with E-state index in [4.69, 9.17) is 36.8 Å². The summed E-state index contributed by atoms with van der Waals surface area (Å²) in [5.41, 5.74) is 1.83. The van der Waals surface area contributed by atoms with Gasteiger partial charge in [-0.3, -0.25) is 9.97 Å². The monoisotopic (exact) mass is 389 g/mol. The molecule has 0 bridgehead atoms. The molecule has 0 saturated carbocycles. The van der Waals surface area contributed by atoms with Crippen LogP contribution in [-0.2, 0) is 12.8 Å². The van der Waals surface area contributed by atoms with Crippen molar-refractivity contribution in [1.82, 2.24) is 9.97 Å². The van der Waals surface area contributed by atoms with E-state index in [0.717, 1.165) is 11.4 Å². The molecular formula is C10H8Cl4N2Nb. The molecule has 0 N–H and O–H groups in total. The number of halogens is 4. The Morgan fingerprint density at radius 2 is 1.06 bits per heavy atom. The smallest absolute Gasteiger partial charge is 0.0886 e. The van der Waals surface area contributed by atoms with Gasteiger partial charge in [0.15, 0.2) is 0 Å². The van der Waals surface area contributed by atoms with Crippen LogP contribution in [0.5, 0.6) is 0 Å². The van der Waals surface area contributed by atoms with Crippen LogP contribution >= 0.6 is 36.8 Å². The van der Waals surface area contributed by atoms with Crippen LogP contribution in [0.3, 0.4) is 0 Å². The molecule has 0 aliphatic rings. The number of hydrogen-bond donors (Lipinski definition) is 0. The van der Waals surface area contributed by atoms with E-state index >= 15 is 0 Å². The zero-order chi connectivity index (χ0) is 12.7. The van der Waals surface area contributed by atoms with Crippen LogP contribution in [0.2, 0.25) is 0 Å². The van der Waals surface area contributed by atoms with Gasteiger partial charge in [0.2, 0.25) is 0 Å². The Labute approximate surface area is 119 Å². The van der Waals surface area contributed by atoms with E-state index in [2.05, 4.69) is 9.97 Å². The fourth-order valence-electron chi connectivity index (χ4n) is 1.03.